The van der Waals surface area contributed by atoms with Crippen molar-refractivity contribution in [1.29, 1.82) is 0 Å². The average Bonchev–Trinajstić information content (AvgIpc) is 2.28. The molecule has 98 valence electrons. The van der Waals surface area contributed by atoms with Gasteiger partial charge in [0.25, 0.3) is 0 Å². The third-order valence-corrected chi connectivity index (χ3v) is 5.40. The average molecular weight is 284 g/mol. The number of hydrogen-bond acceptors (Lipinski definition) is 4. The molecule has 1 aliphatic carbocycles. The van der Waals surface area contributed by atoms with Crippen molar-refractivity contribution < 1.29 is 13.2 Å². The first-order valence-corrected chi connectivity index (χ1v) is 8.71. The summed E-state index contributed by atoms with van der Waals surface area (Å²) in [6.45, 7) is 0. The lowest BCUT2D eigenvalue weighted by molar-refractivity contribution is -0.120. The number of Topliss-reactive ketones (excluding diaryl/α,β-unsaturated/α-hetero) is 1. The molecule has 1 aliphatic rings. The van der Waals surface area contributed by atoms with Gasteiger partial charge < -0.3 is 0 Å². The first-order chi connectivity index (χ1) is 8.45. The Labute approximate surface area is 112 Å². The molecule has 2 rings (SSSR count). The van der Waals surface area contributed by atoms with Gasteiger partial charge in [0, 0.05) is 29.2 Å². The Morgan fingerprint density at radius 2 is 1.89 bits per heavy atom. The van der Waals surface area contributed by atoms with Crippen molar-refractivity contribution >= 4 is 27.4 Å². The van der Waals surface area contributed by atoms with E-state index in [0.29, 0.717) is 28.8 Å². The van der Waals surface area contributed by atoms with E-state index in [2.05, 4.69) is 0 Å². The predicted octanol–water partition coefficient (Wildman–Crippen LogP) is 2.69. The van der Waals surface area contributed by atoms with E-state index in [-0.39, 0.29) is 0 Å². The second-order valence-electron chi connectivity index (χ2n) is 4.62. The molecule has 1 saturated carbocycles. The van der Waals surface area contributed by atoms with Crippen LogP contribution in [0.5, 0.6) is 0 Å². The van der Waals surface area contributed by atoms with Gasteiger partial charge in [-0.3, -0.25) is 4.79 Å². The molecule has 0 heterocycles. The second kappa shape index (κ2) is 5.45. The molecule has 0 spiro atoms. The molecule has 1 atom stereocenters. The van der Waals surface area contributed by atoms with E-state index < -0.39 is 9.84 Å². The summed E-state index contributed by atoms with van der Waals surface area (Å²) in [5.41, 5.74) is 0. The zero-order valence-electron chi connectivity index (χ0n) is 10.3. The minimum absolute atomic E-state index is 0.339. The Kier molecular flexibility index (Phi) is 4.12. The molecule has 1 unspecified atom stereocenters. The molecule has 0 aromatic heterocycles. The summed E-state index contributed by atoms with van der Waals surface area (Å²) in [5.74, 6) is 0.339. The van der Waals surface area contributed by atoms with Crippen LogP contribution in [-0.2, 0) is 14.6 Å². The molecule has 18 heavy (non-hydrogen) atoms. The lowest BCUT2D eigenvalue weighted by atomic mass is 9.99. The predicted molar refractivity (Wildman–Crippen MR) is 72.7 cm³/mol. The number of hydrogen-bond donors (Lipinski definition) is 0. The van der Waals surface area contributed by atoms with Crippen molar-refractivity contribution in [2.45, 2.75) is 40.7 Å². The summed E-state index contributed by atoms with van der Waals surface area (Å²) < 4.78 is 22.7. The summed E-state index contributed by atoms with van der Waals surface area (Å²) >= 11 is 1.67. The summed E-state index contributed by atoms with van der Waals surface area (Å²) in [7, 11) is -3.12. The normalized spacial score (nSPS) is 20.9. The maximum Gasteiger partial charge on any atom is 0.175 e. The Morgan fingerprint density at radius 3 is 2.44 bits per heavy atom. The third-order valence-electron chi connectivity index (χ3n) is 2.99. The molecule has 5 heteroatoms. The minimum atomic E-state index is -3.12. The van der Waals surface area contributed by atoms with Gasteiger partial charge in [0.2, 0.25) is 0 Å². The highest BCUT2D eigenvalue weighted by molar-refractivity contribution is 8.00. The van der Waals surface area contributed by atoms with Gasteiger partial charge in [-0.05, 0) is 37.1 Å². The Bertz CT molecular complexity index is 532. The van der Waals surface area contributed by atoms with Gasteiger partial charge in [-0.15, -0.1) is 11.8 Å². The standard InChI is InChI=1S/C13H16O3S2/c1-18(15,16)13-7-5-11(6-8-13)17-12-4-2-3-10(14)9-12/h5-8,12H,2-4,9H2,1H3. The molecular formula is C13H16O3S2. The van der Waals surface area contributed by atoms with Crippen LogP contribution in [-0.4, -0.2) is 25.7 Å². The van der Waals surface area contributed by atoms with Crippen LogP contribution in [0.25, 0.3) is 0 Å². The smallest absolute Gasteiger partial charge is 0.175 e. The fourth-order valence-electron chi connectivity index (χ4n) is 2.04. The van der Waals surface area contributed by atoms with Gasteiger partial charge >= 0.3 is 0 Å². The lowest BCUT2D eigenvalue weighted by Crippen LogP contribution is -2.16. The first kappa shape index (κ1) is 13.6. The summed E-state index contributed by atoms with van der Waals surface area (Å²) in [4.78, 5) is 12.7. The van der Waals surface area contributed by atoms with E-state index in [9.17, 15) is 13.2 Å². The van der Waals surface area contributed by atoms with Crippen molar-refractivity contribution in [2.24, 2.45) is 0 Å². The lowest BCUT2D eigenvalue weighted by Gasteiger charge is -2.20. The third kappa shape index (κ3) is 3.59. The zero-order chi connectivity index (χ0) is 13.2. The van der Waals surface area contributed by atoms with Gasteiger partial charge in [-0.1, -0.05) is 0 Å². The highest BCUT2D eigenvalue weighted by Gasteiger charge is 2.20. The Morgan fingerprint density at radius 1 is 1.22 bits per heavy atom. The number of rotatable bonds is 3. The minimum Gasteiger partial charge on any atom is -0.300 e. The van der Waals surface area contributed by atoms with E-state index in [1.54, 1.807) is 23.9 Å². The van der Waals surface area contributed by atoms with Crippen LogP contribution < -0.4 is 0 Å². The first-order valence-electron chi connectivity index (χ1n) is 5.93. The van der Waals surface area contributed by atoms with E-state index in [0.717, 1.165) is 17.7 Å². The topological polar surface area (TPSA) is 51.2 Å². The number of carbonyl (C=O) groups is 1. The van der Waals surface area contributed by atoms with Crippen molar-refractivity contribution in [3.05, 3.63) is 24.3 Å². The summed E-state index contributed by atoms with van der Waals surface area (Å²) in [5, 5.41) is 0.343. The molecule has 1 fully saturated rings. The largest absolute Gasteiger partial charge is 0.300 e. The van der Waals surface area contributed by atoms with E-state index >= 15 is 0 Å². The summed E-state index contributed by atoms with van der Waals surface area (Å²) in [6, 6.07) is 6.89. The second-order valence-corrected chi connectivity index (χ2v) is 8.01. The van der Waals surface area contributed by atoms with Crippen LogP contribution in [0.15, 0.2) is 34.1 Å². The fraction of sp³-hybridized carbons (Fsp3) is 0.462. The number of benzene rings is 1. The molecule has 1 aromatic rings. The number of carbonyl (C=O) groups excluding carboxylic acids is 1. The van der Waals surface area contributed by atoms with Crippen molar-refractivity contribution in [3.63, 3.8) is 0 Å². The Hall–Kier alpha value is -0.810. The van der Waals surface area contributed by atoms with Crippen LogP contribution in [0.1, 0.15) is 25.7 Å². The van der Waals surface area contributed by atoms with Gasteiger partial charge in [0.1, 0.15) is 5.78 Å². The van der Waals surface area contributed by atoms with E-state index in [1.807, 2.05) is 12.1 Å². The molecule has 0 amide bonds. The van der Waals surface area contributed by atoms with Crippen LogP contribution in [0.4, 0.5) is 0 Å². The number of ketones is 1. The van der Waals surface area contributed by atoms with Crippen LogP contribution in [0.2, 0.25) is 0 Å². The van der Waals surface area contributed by atoms with Gasteiger partial charge in [0.15, 0.2) is 9.84 Å². The highest BCUT2D eigenvalue weighted by atomic mass is 32.2. The monoisotopic (exact) mass is 284 g/mol. The van der Waals surface area contributed by atoms with Crippen molar-refractivity contribution in [2.75, 3.05) is 6.26 Å². The molecule has 0 bridgehead atoms. The maximum atomic E-state index is 11.4. The van der Waals surface area contributed by atoms with Crippen molar-refractivity contribution in [3.8, 4) is 0 Å². The number of thioether (sulfide) groups is 1. The molecule has 0 saturated heterocycles. The molecular weight excluding hydrogens is 268 g/mol. The molecule has 0 radical (unpaired) electrons. The van der Waals surface area contributed by atoms with Crippen LogP contribution in [0, 0.1) is 0 Å². The zero-order valence-corrected chi connectivity index (χ0v) is 11.9. The van der Waals surface area contributed by atoms with Crippen LogP contribution >= 0.6 is 11.8 Å². The molecule has 0 aliphatic heterocycles. The van der Waals surface area contributed by atoms with Gasteiger partial charge in [0.05, 0.1) is 4.90 Å². The number of sulfone groups is 1. The molecule has 1 aromatic carbocycles. The SMILES string of the molecule is CS(=O)(=O)c1ccc(SC2CCCC(=O)C2)cc1. The fourth-order valence-corrected chi connectivity index (χ4v) is 3.91. The van der Waals surface area contributed by atoms with Gasteiger partial charge in [-0.2, -0.15) is 0 Å². The van der Waals surface area contributed by atoms with E-state index in [1.165, 1.54) is 6.26 Å². The molecule has 0 N–H and O–H groups in total. The van der Waals surface area contributed by atoms with Crippen LogP contribution in [0.3, 0.4) is 0 Å². The maximum absolute atomic E-state index is 11.4. The van der Waals surface area contributed by atoms with Crippen molar-refractivity contribution in [1.82, 2.24) is 0 Å². The Balaban J connectivity index is 2.04. The van der Waals surface area contributed by atoms with E-state index in [4.69, 9.17) is 0 Å². The quantitative estimate of drug-likeness (QED) is 0.856. The summed E-state index contributed by atoms with van der Waals surface area (Å²) in [6.07, 6.45) is 4.58. The molecule has 3 nitrogen and oxygen atoms in total. The van der Waals surface area contributed by atoms with Gasteiger partial charge in [-0.25, -0.2) is 8.42 Å². The highest BCUT2D eigenvalue weighted by Crippen LogP contribution is 2.32.